The molecular weight excluding hydrogens is 618 g/mol. The molecule has 7 unspecified atom stereocenters. The van der Waals surface area contributed by atoms with E-state index < -0.39 is 83.3 Å². The quantitative estimate of drug-likeness (QED) is 0.234. The average molecular weight is 670 g/mol. The van der Waals surface area contributed by atoms with Gasteiger partial charge in [-0.15, -0.1) is 0 Å². The molecule has 11 heteroatoms. The summed E-state index contributed by atoms with van der Waals surface area (Å²) in [6.07, 6.45) is -5.88. The van der Waals surface area contributed by atoms with E-state index in [4.69, 9.17) is 18.9 Å². The van der Waals surface area contributed by atoms with E-state index in [1.807, 2.05) is 51.1 Å². The fourth-order valence-electron chi connectivity index (χ4n) is 8.44. The van der Waals surface area contributed by atoms with Crippen LogP contribution in [0.15, 0.2) is 53.6 Å². The van der Waals surface area contributed by atoms with Crippen molar-refractivity contribution in [3.05, 3.63) is 59.2 Å². The summed E-state index contributed by atoms with van der Waals surface area (Å²) in [5.41, 5.74) is 0.710. The Bertz CT molecular complexity index is 1450. The molecular formula is C37H51NO10. The smallest absolute Gasteiger partial charge is 0.350 e. The highest BCUT2D eigenvalue weighted by atomic mass is 16.6. The lowest BCUT2D eigenvalue weighted by molar-refractivity contribution is -0.194. The molecule has 0 saturated heterocycles. The number of benzene rings is 1. The first kappa shape index (κ1) is 37.3. The molecule has 0 aromatic heterocycles. The van der Waals surface area contributed by atoms with Crippen LogP contribution in [0.4, 0.5) is 0 Å². The number of aliphatic hydroxyl groups is 2. The van der Waals surface area contributed by atoms with E-state index in [9.17, 15) is 29.4 Å². The van der Waals surface area contributed by atoms with Gasteiger partial charge in [-0.1, -0.05) is 57.7 Å². The Morgan fingerprint density at radius 2 is 1.48 bits per heavy atom. The van der Waals surface area contributed by atoms with Gasteiger partial charge in [0.25, 0.3) is 0 Å². The zero-order valence-electron chi connectivity index (χ0n) is 29.5. The highest BCUT2D eigenvalue weighted by Crippen LogP contribution is 2.60. The Hall–Kier alpha value is -3.54. The number of carbonyl (C=O) groups is 4. The number of fused-ring (bicyclic) bond motifs is 3. The van der Waals surface area contributed by atoms with Crippen LogP contribution >= 0.6 is 0 Å². The van der Waals surface area contributed by atoms with E-state index in [1.165, 1.54) is 20.8 Å². The summed E-state index contributed by atoms with van der Waals surface area (Å²) in [5.74, 6) is -3.30. The number of likely N-dealkylation sites (N-methyl/N-ethyl adjacent to an activating group) is 1. The summed E-state index contributed by atoms with van der Waals surface area (Å²) < 4.78 is 23.3. The van der Waals surface area contributed by atoms with Gasteiger partial charge in [-0.05, 0) is 73.4 Å². The largest absolute Gasteiger partial charge is 0.458 e. The van der Waals surface area contributed by atoms with Crippen molar-refractivity contribution in [2.24, 2.45) is 22.7 Å². The third-order valence-electron chi connectivity index (χ3n) is 11.0. The van der Waals surface area contributed by atoms with E-state index in [-0.39, 0.29) is 12.3 Å². The third-order valence-corrected chi connectivity index (χ3v) is 11.0. The van der Waals surface area contributed by atoms with E-state index in [2.05, 4.69) is 6.58 Å². The Kier molecular flexibility index (Phi) is 11.0. The molecule has 11 nitrogen and oxygen atoms in total. The standard InChI is InChI=1S/C37H51NO10/c1-19-26-16-25-17-27(45-21(3)39)20(2)30(36(25,6)7)32(46-22(4)40)34(43)37(26,8)29(42)18-28(19)48-35(44)33(47-23(5)41)31(38(9)10)24-14-12-11-13-15-24/h11-15,25-29,31-34,42-43H,1,16-18H2,2-10H3/t25-,26-,27?,28?,29?,31?,32?,33?,34?,37+/m1/s1. The molecule has 1 aromatic carbocycles. The normalized spacial score (nSPS) is 32.6. The van der Waals surface area contributed by atoms with E-state index >= 15 is 0 Å². The Balaban J connectivity index is 1.76. The number of aliphatic hydroxyl groups excluding tert-OH is 2. The van der Waals surface area contributed by atoms with Crippen LogP contribution in [-0.2, 0) is 38.1 Å². The molecule has 48 heavy (non-hydrogen) atoms. The summed E-state index contributed by atoms with van der Waals surface area (Å²) in [4.78, 5) is 52.6. The lowest BCUT2D eigenvalue weighted by Gasteiger charge is -2.58. The first-order valence-corrected chi connectivity index (χ1v) is 16.5. The number of rotatable bonds is 8. The zero-order valence-corrected chi connectivity index (χ0v) is 29.5. The summed E-state index contributed by atoms with van der Waals surface area (Å²) in [6, 6.07) is 8.49. The molecule has 2 fully saturated rings. The Morgan fingerprint density at radius 1 is 0.875 bits per heavy atom. The van der Waals surface area contributed by atoms with Crippen LogP contribution in [0.2, 0.25) is 0 Å². The van der Waals surface area contributed by atoms with Crippen molar-refractivity contribution < 1.29 is 48.3 Å². The first-order valence-electron chi connectivity index (χ1n) is 16.5. The van der Waals surface area contributed by atoms with Gasteiger partial charge in [0.1, 0.15) is 18.3 Å². The third kappa shape index (κ3) is 6.95. The number of hydrogen-bond donors (Lipinski definition) is 2. The van der Waals surface area contributed by atoms with Crippen molar-refractivity contribution in [1.82, 2.24) is 4.90 Å². The summed E-state index contributed by atoms with van der Waals surface area (Å²) in [6.45, 7) is 15.8. The molecule has 0 radical (unpaired) electrons. The van der Waals surface area contributed by atoms with E-state index in [0.29, 0.717) is 29.6 Å². The van der Waals surface area contributed by atoms with Gasteiger partial charge in [0, 0.05) is 32.6 Å². The molecule has 0 aliphatic heterocycles. The van der Waals surface area contributed by atoms with Gasteiger partial charge in [-0.25, -0.2) is 4.79 Å². The molecule has 2 N–H and O–H groups in total. The van der Waals surface area contributed by atoms with Crippen LogP contribution in [0.3, 0.4) is 0 Å². The minimum Gasteiger partial charge on any atom is -0.458 e. The van der Waals surface area contributed by atoms with Crippen LogP contribution in [0.1, 0.15) is 79.3 Å². The van der Waals surface area contributed by atoms with Crippen molar-refractivity contribution in [3.8, 4) is 0 Å². The van der Waals surface area contributed by atoms with Crippen molar-refractivity contribution in [2.45, 2.75) is 110 Å². The zero-order chi connectivity index (χ0) is 35.9. The number of esters is 4. The minimum atomic E-state index is -1.39. The van der Waals surface area contributed by atoms with Gasteiger partial charge in [0.2, 0.25) is 6.10 Å². The van der Waals surface area contributed by atoms with E-state index in [1.54, 1.807) is 25.9 Å². The molecule has 0 heterocycles. The fourth-order valence-corrected chi connectivity index (χ4v) is 8.44. The maximum atomic E-state index is 14.0. The first-order chi connectivity index (χ1) is 22.3. The number of carbonyl (C=O) groups excluding carboxylic acids is 4. The summed E-state index contributed by atoms with van der Waals surface area (Å²) in [7, 11) is 3.54. The molecule has 10 atom stereocenters. The van der Waals surface area contributed by atoms with E-state index in [0.717, 1.165) is 5.56 Å². The maximum Gasteiger partial charge on any atom is 0.350 e. The molecule has 3 aliphatic carbocycles. The van der Waals surface area contributed by atoms with Gasteiger partial charge >= 0.3 is 23.9 Å². The lowest BCUT2D eigenvalue weighted by atomic mass is 9.49. The summed E-state index contributed by atoms with van der Waals surface area (Å²) in [5, 5.41) is 24.1. The monoisotopic (exact) mass is 669 g/mol. The molecule has 264 valence electrons. The average Bonchev–Trinajstić information content (AvgIpc) is 2.98. The number of hydrogen-bond acceptors (Lipinski definition) is 11. The molecule has 2 bridgehead atoms. The van der Waals surface area contributed by atoms with Crippen LogP contribution in [-0.4, -0.2) is 89.7 Å². The Morgan fingerprint density at radius 3 is 2.02 bits per heavy atom. The van der Waals surface area contributed by atoms with Crippen LogP contribution < -0.4 is 0 Å². The topological polar surface area (TPSA) is 149 Å². The molecule has 4 rings (SSSR count). The second-order valence-electron chi connectivity index (χ2n) is 14.6. The van der Waals surface area contributed by atoms with Crippen molar-refractivity contribution in [2.75, 3.05) is 14.1 Å². The summed E-state index contributed by atoms with van der Waals surface area (Å²) >= 11 is 0. The highest BCUT2D eigenvalue weighted by molar-refractivity contribution is 5.80. The Labute approximate surface area is 283 Å². The lowest BCUT2D eigenvalue weighted by Crippen LogP contribution is -2.63. The number of ether oxygens (including phenoxy) is 4. The molecule has 1 aromatic rings. The second-order valence-corrected chi connectivity index (χ2v) is 14.6. The van der Waals surface area contributed by atoms with Gasteiger partial charge < -0.3 is 29.2 Å². The van der Waals surface area contributed by atoms with Gasteiger partial charge in [-0.2, -0.15) is 0 Å². The molecule has 0 amide bonds. The van der Waals surface area contributed by atoms with Crippen LogP contribution in [0.25, 0.3) is 0 Å². The minimum absolute atomic E-state index is 0.0889. The second kappa shape index (κ2) is 14.1. The van der Waals surface area contributed by atoms with Crippen molar-refractivity contribution >= 4 is 23.9 Å². The maximum absolute atomic E-state index is 14.0. The van der Waals surface area contributed by atoms with Gasteiger partial charge in [0.05, 0.1) is 12.1 Å². The highest BCUT2D eigenvalue weighted by Gasteiger charge is 2.62. The fraction of sp³-hybridized carbons (Fsp3) is 0.622. The SMILES string of the molecule is C=C1C(OC(=O)C(OC(C)=O)C(c2ccccc2)N(C)C)CC(O)[C@@]2(C)C(O)C(OC(C)=O)C3=C(C)C(OC(C)=O)C[C@@H](C[C@H]12)C3(C)C. The van der Waals surface area contributed by atoms with Crippen molar-refractivity contribution in [1.29, 1.82) is 0 Å². The molecule has 0 spiro atoms. The predicted octanol–water partition coefficient (Wildman–Crippen LogP) is 4.07. The molecule has 3 aliphatic rings. The predicted molar refractivity (Wildman–Crippen MR) is 176 cm³/mol. The van der Waals surface area contributed by atoms with Crippen molar-refractivity contribution in [3.63, 3.8) is 0 Å². The molecule has 2 saturated carbocycles. The number of nitrogens with zero attached hydrogens (tertiary/aromatic N) is 1. The van der Waals surface area contributed by atoms with Crippen LogP contribution in [0, 0.1) is 22.7 Å². The van der Waals surface area contributed by atoms with Gasteiger partial charge in [-0.3, -0.25) is 19.3 Å². The van der Waals surface area contributed by atoms with Crippen LogP contribution in [0.5, 0.6) is 0 Å². The van der Waals surface area contributed by atoms with Gasteiger partial charge in [0.15, 0.2) is 6.10 Å².